The van der Waals surface area contributed by atoms with Crippen molar-refractivity contribution in [2.24, 2.45) is 0 Å². The van der Waals surface area contributed by atoms with Crippen molar-refractivity contribution in [2.75, 3.05) is 26.0 Å². The van der Waals surface area contributed by atoms with E-state index in [1.807, 2.05) is 18.2 Å². The van der Waals surface area contributed by atoms with Crippen LogP contribution < -0.4 is 10.1 Å². The third-order valence-corrected chi connectivity index (χ3v) is 3.49. The number of hydrogen-bond donors (Lipinski definition) is 1. The van der Waals surface area contributed by atoms with Crippen molar-refractivity contribution in [1.29, 1.82) is 0 Å². The number of hydrogen-bond acceptors (Lipinski definition) is 4. The summed E-state index contributed by atoms with van der Waals surface area (Å²) in [6.07, 6.45) is 2.33. The number of anilines is 1. The van der Waals surface area contributed by atoms with Gasteiger partial charge in [-0.15, -0.1) is 0 Å². The molecule has 0 radical (unpaired) electrons. The van der Waals surface area contributed by atoms with E-state index < -0.39 is 0 Å². The minimum absolute atomic E-state index is 0.515. The van der Waals surface area contributed by atoms with Crippen LogP contribution in [0, 0.1) is 0 Å². The van der Waals surface area contributed by atoms with Crippen LogP contribution in [0.2, 0.25) is 0 Å². The first-order chi connectivity index (χ1) is 8.19. The van der Waals surface area contributed by atoms with Gasteiger partial charge in [0.2, 0.25) is 5.88 Å². The SMILES string of the molecule is COc1cccc(NC2CCN(C)C(C)C2)n1. The molecular weight excluding hydrogens is 214 g/mol. The van der Waals surface area contributed by atoms with Gasteiger partial charge in [-0.05, 0) is 32.9 Å². The van der Waals surface area contributed by atoms with E-state index in [1.165, 1.54) is 6.42 Å². The zero-order valence-electron chi connectivity index (χ0n) is 10.8. The molecule has 0 spiro atoms. The smallest absolute Gasteiger partial charge is 0.214 e. The third-order valence-electron chi connectivity index (χ3n) is 3.49. The Morgan fingerprint density at radius 1 is 1.47 bits per heavy atom. The second kappa shape index (κ2) is 5.36. The first-order valence-corrected chi connectivity index (χ1v) is 6.17. The predicted octanol–water partition coefficient (Wildman–Crippen LogP) is 1.98. The van der Waals surface area contributed by atoms with E-state index in [0.717, 1.165) is 18.8 Å². The Morgan fingerprint density at radius 2 is 2.29 bits per heavy atom. The summed E-state index contributed by atoms with van der Waals surface area (Å²) in [4.78, 5) is 6.78. The maximum absolute atomic E-state index is 5.12. The van der Waals surface area contributed by atoms with Crippen LogP contribution in [0.1, 0.15) is 19.8 Å². The molecule has 0 aromatic carbocycles. The summed E-state index contributed by atoms with van der Waals surface area (Å²) in [5.41, 5.74) is 0. The standard InChI is InChI=1S/C13H21N3O/c1-10-9-11(7-8-16(10)2)14-12-5-4-6-13(15-12)17-3/h4-6,10-11H,7-9H2,1-3H3,(H,14,15). The summed E-state index contributed by atoms with van der Waals surface area (Å²) in [6.45, 7) is 3.41. The summed E-state index contributed by atoms with van der Waals surface area (Å²) < 4.78 is 5.12. The van der Waals surface area contributed by atoms with E-state index >= 15 is 0 Å². The number of aromatic nitrogens is 1. The molecule has 2 heterocycles. The first kappa shape index (κ1) is 12.2. The molecule has 1 fully saturated rings. The van der Waals surface area contributed by atoms with Gasteiger partial charge >= 0.3 is 0 Å². The summed E-state index contributed by atoms with van der Waals surface area (Å²) in [7, 11) is 3.83. The van der Waals surface area contributed by atoms with E-state index in [9.17, 15) is 0 Å². The van der Waals surface area contributed by atoms with Crippen molar-refractivity contribution in [3.8, 4) is 5.88 Å². The summed E-state index contributed by atoms with van der Waals surface area (Å²) in [5.74, 6) is 1.57. The molecular formula is C13H21N3O. The van der Waals surface area contributed by atoms with Crippen LogP contribution in [0.4, 0.5) is 5.82 Å². The van der Waals surface area contributed by atoms with Gasteiger partial charge in [-0.1, -0.05) is 6.07 Å². The number of rotatable bonds is 3. The van der Waals surface area contributed by atoms with Crippen molar-refractivity contribution in [2.45, 2.75) is 31.8 Å². The Morgan fingerprint density at radius 3 is 3.00 bits per heavy atom. The van der Waals surface area contributed by atoms with Gasteiger partial charge in [-0.25, -0.2) is 0 Å². The molecule has 0 bridgehead atoms. The minimum atomic E-state index is 0.515. The first-order valence-electron chi connectivity index (χ1n) is 6.17. The quantitative estimate of drug-likeness (QED) is 0.869. The lowest BCUT2D eigenvalue weighted by atomic mass is 9.99. The fourth-order valence-corrected chi connectivity index (χ4v) is 2.24. The topological polar surface area (TPSA) is 37.4 Å². The van der Waals surface area contributed by atoms with Gasteiger partial charge in [0.05, 0.1) is 7.11 Å². The van der Waals surface area contributed by atoms with Crippen molar-refractivity contribution < 1.29 is 4.74 Å². The molecule has 0 saturated carbocycles. The van der Waals surface area contributed by atoms with Crippen LogP contribution in [-0.4, -0.2) is 42.7 Å². The zero-order chi connectivity index (χ0) is 12.3. The zero-order valence-corrected chi connectivity index (χ0v) is 10.8. The Balaban J connectivity index is 1.96. The van der Waals surface area contributed by atoms with Crippen LogP contribution in [0.3, 0.4) is 0 Å². The number of nitrogens with zero attached hydrogens (tertiary/aromatic N) is 2. The molecule has 1 aliphatic heterocycles. The monoisotopic (exact) mass is 235 g/mol. The lowest BCUT2D eigenvalue weighted by Gasteiger charge is -2.35. The van der Waals surface area contributed by atoms with Gasteiger partial charge < -0.3 is 15.0 Å². The largest absolute Gasteiger partial charge is 0.481 e. The van der Waals surface area contributed by atoms with Crippen molar-refractivity contribution in [3.63, 3.8) is 0 Å². The fourth-order valence-electron chi connectivity index (χ4n) is 2.24. The maximum atomic E-state index is 5.12. The molecule has 4 nitrogen and oxygen atoms in total. The molecule has 1 aliphatic rings. The molecule has 1 N–H and O–H groups in total. The summed E-state index contributed by atoms with van der Waals surface area (Å²) in [6, 6.07) is 6.97. The molecule has 1 saturated heterocycles. The number of piperidine rings is 1. The number of likely N-dealkylation sites (tertiary alicyclic amines) is 1. The van der Waals surface area contributed by atoms with Gasteiger partial charge in [0, 0.05) is 24.7 Å². The average Bonchev–Trinajstić information content (AvgIpc) is 2.34. The van der Waals surface area contributed by atoms with E-state index in [1.54, 1.807) is 7.11 Å². The van der Waals surface area contributed by atoms with Crippen LogP contribution >= 0.6 is 0 Å². The van der Waals surface area contributed by atoms with E-state index in [-0.39, 0.29) is 0 Å². The second-order valence-corrected chi connectivity index (χ2v) is 4.76. The van der Waals surface area contributed by atoms with E-state index in [0.29, 0.717) is 18.0 Å². The molecule has 0 amide bonds. The number of methoxy groups -OCH3 is 1. The molecule has 4 heteroatoms. The minimum Gasteiger partial charge on any atom is -0.481 e. The van der Waals surface area contributed by atoms with Crippen molar-refractivity contribution in [1.82, 2.24) is 9.88 Å². The van der Waals surface area contributed by atoms with Crippen molar-refractivity contribution in [3.05, 3.63) is 18.2 Å². The van der Waals surface area contributed by atoms with Crippen molar-refractivity contribution >= 4 is 5.82 Å². The van der Waals surface area contributed by atoms with E-state index in [4.69, 9.17) is 4.74 Å². The van der Waals surface area contributed by atoms with Gasteiger partial charge in [-0.2, -0.15) is 4.98 Å². The van der Waals surface area contributed by atoms with Gasteiger partial charge in [0.1, 0.15) is 5.82 Å². The Labute approximate surface area is 103 Å². The average molecular weight is 235 g/mol. The molecule has 94 valence electrons. The second-order valence-electron chi connectivity index (χ2n) is 4.76. The summed E-state index contributed by atoms with van der Waals surface area (Å²) in [5, 5.41) is 3.49. The molecule has 2 rings (SSSR count). The molecule has 0 aliphatic carbocycles. The highest BCUT2D eigenvalue weighted by Gasteiger charge is 2.22. The highest BCUT2D eigenvalue weighted by molar-refractivity contribution is 5.38. The lowest BCUT2D eigenvalue weighted by Crippen LogP contribution is -2.42. The lowest BCUT2D eigenvalue weighted by molar-refractivity contribution is 0.190. The molecule has 1 aromatic rings. The van der Waals surface area contributed by atoms with Crippen LogP contribution in [0.15, 0.2) is 18.2 Å². The van der Waals surface area contributed by atoms with E-state index in [2.05, 4.69) is 29.2 Å². The third kappa shape index (κ3) is 3.09. The van der Waals surface area contributed by atoms with Gasteiger partial charge in [0.25, 0.3) is 0 Å². The van der Waals surface area contributed by atoms with Gasteiger partial charge in [0.15, 0.2) is 0 Å². The number of pyridine rings is 1. The Bertz CT molecular complexity index is 369. The number of nitrogens with one attached hydrogen (secondary N) is 1. The molecule has 17 heavy (non-hydrogen) atoms. The summed E-state index contributed by atoms with van der Waals surface area (Å²) >= 11 is 0. The highest BCUT2D eigenvalue weighted by atomic mass is 16.5. The van der Waals surface area contributed by atoms with Crippen LogP contribution in [0.5, 0.6) is 5.88 Å². The number of ether oxygens (including phenoxy) is 1. The fraction of sp³-hybridized carbons (Fsp3) is 0.615. The molecule has 1 aromatic heterocycles. The van der Waals surface area contributed by atoms with Crippen LogP contribution in [0.25, 0.3) is 0 Å². The highest BCUT2D eigenvalue weighted by Crippen LogP contribution is 2.20. The predicted molar refractivity (Wildman–Crippen MR) is 69.5 cm³/mol. The molecule has 2 unspecified atom stereocenters. The van der Waals surface area contributed by atoms with Crippen LogP contribution in [-0.2, 0) is 0 Å². The normalized spacial score (nSPS) is 25.6. The Kier molecular flexibility index (Phi) is 3.84. The Hall–Kier alpha value is -1.29. The maximum Gasteiger partial charge on any atom is 0.214 e. The molecule has 2 atom stereocenters. The van der Waals surface area contributed by atoms with Gasteiger partial charge in [-0.3, -0.25) is 0 Å².